The zero-order valence-corrected chi connectivity index (χ0v) is 9.26. The van der Waals surface area contributed by atoms with E-state index in [0.29, 0.717) is 0 Å². The standard InChI is InChI=1S/C8H6BrN3S/c1-5-11-12-8(13-5)6-2-7(9)4-10-3-6/h2-4H,1H3. The predicted molar refractivity (Wildman–Crippen MR) is 55.6 cm³/mol. The number of pyridine rings is 1. The van der Waals surface area contributed by atoms with Gasteiger partial charge in [-0.05, 0) is 28.9 Å². The van der Waals surface area contributed by atoms with Crippen LogP contribution in [0.1, 0.15) is 5.01 Å². The Morgan fingerprint density at radius 2 is 2.15 bits per heavy atom. The van der Waals surface area contributed by atoms with E-state index in [9.17, 15) is 0 Å². The first-order valence-corrected chi connectivity index (χ1v) is 5.28. The Morgan fingerprint density at radius 3 is 2.77 bits per heavy atom. The molecule has 0 bridgehead atoms. The molecule has 0 spiro atoms. The van der Waals surface area contributed by atoms with Crippen molar-refractivity contribution >= 4 is 27.3 Å². The van der Waals surface area contributed by atoms with Gasteiger partial charge in [0.1, 0.15) is 10.0 Å². The highest BCUT2D eigenvalue weighted by atomic mass is 79.9. The highest BCUT2D eigenvalue weighted by molar-refractivity contribution is 9.10. The van der Waals surface area contributed by atoms with E-state index in [1.807, 2.05) is 13.0 Å². The van der Waals surface area contributed by atoms with E-state index in [-0.39, 0.29) is 0 Å². The molecule has 0 N–H and O–H groups in total. The molecule has 0 atom stereocenters. The van der Waals surface area contributed by atoms with Gasteiger partial charge in [0.15, 0.2) is 0 Å². The quantitative estimate of drug-likeness (QED) is 0.787. The van der Waals surface area contributed by atoms with Gasteiger partial charge in [-0.25, -0.2) is 0 Å². The molecule has 0 saturated heterocycles. The van der Waals surface area contributed by atoms with Gasteiger partial charge in [0, 0.05) is 22.4 Å². The largest absolute Gasteiger partial charge is 0.263 e. The Kier molecular flexibility index (Phi) is 2.37. The molecule has 0 aliphatic carbocycles. The zero-order valence-electron chi connectivity index (χ0n) is 6.86. The molecular formula is C8H6BrN3S. The van der Waals surface area contributed by atoms with Crippen LogP contribution in [0.25, 0.3) is 10.6 Å². The number of rotatable bonds is 1. The first-order valence-electron chi connectivity index (χ1n) is 3.67. The van der Waals surface area contributed by atoms with E-state index < -0.39 is 0 Å². The van der Waals surface area contributed by atoms with E-state index in [1.54, 1.807) is 23.7 Å². The Bertz CT molecular complexity index is 427. The second-order valence-electron chi connectivity index (χ2n) is 2.52. The minimum atomic E-state index is 0.909. The summed E-state index contributed by atoms with van der Waals surface area (Å²) in [5.41, 5.74) is 1.000. The molecule has 2 aromatic heterocycles. The highest BCUT2D eigenvalue weighted by Gasteiger charge is 2.03. The molecule has 0 aliphatic rings. The highest BCUT2D eigenvalue weighted by Crippen LogP contribution is 2.24. The molecule has 0 aromatic carbocycles. The summed E-state index contributed by atoms with van der Waals surface area (Å²) in [6, 6.07) is 1.98. The van der Waals surface area contributed by atoms with Crippen LogP contribution in [0.5, 0.6) is 0 Å². The number of aryl methyl sites for hydroxylation is 1. The lowest BCUT2D eigenvalue weighted by Gasteiger charge is -1.93. The molecule has 0 unspecified atom stereocenters. The number of aromatic nitrogens is 3. The Labute approximate surface area is 88.0 Å². The van der Waals surface area contributed by atoms with E-state index in [4.69, 9.17) is 0 Å². The Hall–Kier alpha value is -0.810. The summed E-state index contributed by atoms with van der Waals surface area (Å²) in [7, 11) is 0. The molecule has 2 heterocycles. The van der Waals surface area contributed by atoms with Crippen LogP contribution in [0.4, 0.5) is 0 Å². The van der Waals surface area contributed by atoms with Crippen LogP contribution in [0.3, 0.4) is 0 Å². The van der Waals surface area contributed by atoms with Crippen molar-refractivity contribution in [3.63, 3.8) is 0 Å². The molecule has 2 rings (SSSR count). The summed E-state index contributed by atoms with van der Waals surface area (Å²) in [6.45, 7) is 1.94. The molecule has 13 heavy (non-hydrogen) atoms. The third-order valence-electron chi connectivity index (χ3n) is 1.48. The molecule has 2 aromatic rings. The van der Waals surface area contributed by atoms with Crippen molar-refractivity contribution in [3.8, 4) is 10.6 Å². The first kappa shape index (κ1) is 8.77. The minimum absolute atomic E-state index is 0.909. The van der Waals surface area contributed by atoms with Gasteiger partial charge in [0.25, 0.3) is 0 Å². The van der Waals surface area contributed by atoms with Crippen LogP contribution in [0, 0.1) is 6.92 Å². The fourth-order valence-corrected chi connectivity index (χ4v) is 1.98. The molecule has 0 fully saturated rings. The van der Waals surface area contributed by atoms with Gasteiger partial charge in [-0.15, -0.1) is 10.2 Å². The maximum Gasteiger partial charge on any atom is 0.149 e. The van der Waals surface area contributed by atoms with Gasteiger partial charge in [0.05, 0.1) is 0 Å². The van der Waals surface area contributed by atoms with Gasteiger partial charge in [-0.2, -0.15) is 0 Å². The zero-order chi connectivity index (χ0) is 9.26. The molecule has 0 aliphatic heterocycles. The van der Waals surface area contributed by atoms with Crippen LogP contribution in [0.2, 0.25) is 0 Å². The monoisotopic (exact) mass is 255 g/mol. The lowest BCUT2D eigenvalue weighted by atomic mass is 10.3. The van der Waals surface area contributed by atoms with Crippen molar-refractivity contribution < 1.29 is 0 Å². The smallest absolute Gasteiger partial charge is 0.149 e. The summed E-state index contributed by atoms with van der Waals surface area (Å²) < 4.78 is 0.956. The summed E-state index contributed by atoms with van der Waals surface area (Å²) >= 11 is 4.93. The Morgan fingerprint density at radius 1 is 1.31 bits per heavy atom. The lowest BCUT2D eigenvalue weighted by Crippen LogP contribution is -1.79. The van der Waals surface area contributed by atoms with Gasteiger partial charge in [-0.3, -0.25) is 4.98 Å². The van der Waals surface area contributed by atoms with Crippen molar-refractivity contribution in [1.29, 1.82) is 0 Å². The normalized spacial score (nSPS) is 10.3. The number of halogens is 1. The molecule has 0 amide bonds. The topological polar surface area (TPSA) is 38.7 Å². The third kappa shape index (κ3) is 1.92. The fourth-order valence-electron chi connectivity index (χ4n) is 0.942. The molecule has 3 nitrogen and oxygen atoms in total. The van der Waals surface area contributed by atoms with E-state index in [2.05, 4.69) is 31.1 Å². The fraction of sp³-hybridized carbons (Fsp3) is 0.125. The Balaban J connectivity index is 2.46. The average molecular weight is 256 g/mol. The summed E-state index contributed by atoms with van der Waals surface area (Å²) in [6.07, 6.45) is 3.53. The maximum absolute atomic E-state index is 4.06. The summed E-state index contributed by atoms with van der Waals surface area (Å²) in [4.78, 5) is 4.06. The van der Waals surface area contributed by atoms with Crippen molar-refractivity contribution in [2.75, 3.05) is 0 Å². The number of hydrogen-bond acceptors (Lipinski definition) is 4. The summed E-state index contributed by atoms with van der Waals surface area (Å²) in [5.74, 6) is 0. The minimum Gasteiger partial charge on any atom is -0.263 e. The van der Waals surface area contributed by atoms with Crippen LogP contribution in [-0.4, -0.2) is 15.2 Å². The average Bonchev–Trinajstić information content (AvgIpc) is 2.52. The van der Waals surface area contributed by atoms with E-state index >= 15 is 0 Å². The molecular weight excluding hydrogens is 250 g/mol. The molecule has 0 radical (unpaired) electrons. The van der Waals surface area contributed by atoms with Crippen LogP contribution in [-0.2, 0) is 0 Å². The molecule has 0 saturated carbocycles. The van der Waals surface area contributed by atoms with Crippen LogP contribution in [0.15, 0.2) is 22.9 Å². The SMILES string of the molecule is Cc1nnc(-c2cncc(Br)c2)s1. The van der Waals surface area contributed by atoms with Crippen LogP contribution >= 0.6 is 27.3 Å². The maximum atomic E-state index is 4.06. The second kappa shape index (κ2) is 3.51. The lowest BCUT2D eigenvalue weighted by molar-refractivity contribution is 1.05. The van der Waals surface area contributed by atoms with Crippen molar-refractivity contribution in [2.24, 2.45) is 0 Å². The van der Waals surface area contributed by atoms with Gasteiger partial charge < -0.3 is 0 Å². The predicted octanol–water partition coefficient (Wildman–Crippen LogP) is 2.67. The summed E-state index contributed by atoms with van der Waals surface area (Å²) in [5, 5.41) is 9.86. The number of nitrogens with zero attached hydrogens (tertiary/aromatic N) is 3. The van der Waals surface area contributed by atoms with Crippen molar-refractivity contribution in [3.05, 3.63) is 27.9 Å². The third-order valence-corrected chi connectivity index (χ3v) is 2.80. The van der Waals surface area contributed by atoms with Crippen LogP contribution < -0.4 is 0 Å². The van der Waals surface area contributed by atoms with Gasteiger partial charge in [-0.1, -0.05) is 11.3 Å². The first-order chi connectivity index (χ1) is 6.25. The van der Waals surface area contributed by atoms with Gasteiger partial charge >= 0.3 is 0 Å². The van der Waals surface area contributed by atoms with E-state index in [1.165, 1.54) is 0 Å². The van der Waals surface area contributed by atoms with Crippen molar-refractivity contribution in [2.45, 2.75) is 6.92 Å². The number of hydrogen-bond donors (Lipinski definition) is 0. The molecule has 66 valence electrons. The van der Waals surface area contributed by atoms with E-state index in [0.717, 1.165) is 20.1 Å². The molecule has 5 heteroatoms. The second-order valence-corrected chi connectivity index (χ2v) is 4.62. The van der Waals surface area contributed by atoms with Gasteiger partial charge in [0.2, 0.25) is 0 Å². The van der Waals surface area contributed by atoms with Crippen molar-refractivity contribution in [1.82, 2.24) is 15.2 Å².